The van der Waals surface area contributed by atoms with Crippen molar-refractivity contribution in [3.8, 4) is 11.4 Å². The molecule has 0 saturated carbocycles. The van der Waals surface area contributed by atoms with Crippen molar-refractivity contribution in [3.63, 3.8) is 0 Å². The molecular formula is C26H29N3O5S. The third-order valence-corrected chi connectivity index (χ3v) is 7.48. The van der Waals surface area contributed by atoms with E-state index < -0.39 is 23.9 Å². The van der Waals surface area contributed by atoms with Crippen LogP contribution in [0.2, 0.25) is 0 Å². The van der Waals surface area contributed by atoms with E-state index in [1.54, 1.807) is 24.3 Å². The van der Waals surface area contributed by atoms with E-state index in [1.165, 1.54) is 25.4 Å². The molecule has 35 heavy (non-hydrogen) atoms. The number of nitrogens with zero attached hydrogens (tertiary/aromatic N) is 1. The summed E-state index contributed by atoms with van der Waals surface area (Å²) in [5.41, 5.74) is 4.42. The number of benzene rings is 1. The van der Waals surface area contributed by atoms with Gasteiger partial charge in [-0.3, -0.25) is 4.79 Å². The van der Waals surface area contributed by atoms with Crippen LogP contribution in [-0.2, 0) is 27.1 Å². The second kappa shape index (κ2) is 10.0. The van der Waals surface area contributed by atoms with Crippen molar-refractivity contribution < 1.29 is 23.9 Å². The molecule has 2 atom stereocenters. The van der Waals surface area contributed by atoms with E-state index in [-0.39, 0.29) is 0 Å². The smallest absolute Gasteiger partial charge is 0.341 e. The number of fused-ring (bicyclic) bond motifs is 1. The molecule has 0 spiro atoms. The summed E-state index contributed by atoms with van der Waals surface area (Å²) in [6, 6.07) is 6.83. The second-order valence-electron chi connectivity index (χ2n) is 8.96. The normalized spacial score (nSPS) is 15.7. The second-order valence-corrected chi connectivity index (χ2v) is 10.1. The summed E-state index contributed by atoms with van der Waals surface area (Å²) in [7, 11) is 1.33. The molecule has 0 bridgehead atoms. The number of anilines is 1. The number of H-pyrrole nitrogens is 1. The highest BCUT2D eigenvalue weighted by Gasteiger charge is 2.30. The Morgan fingerprint density at radius 3 is 2.51 bits per heavy atom. The fraction of sp³-hybridized carbons (Fsp3) is 0.385. The van der Waals surface area contributed by atoms with E-state index in [9.17, 15) is 14.4 Å². The molecular weight excluding hydrogens is 466 g/mol. The first-order valence-corrected chi connectivity index (χ1v) is 12.4. The number of hydrogen-bond acceptors (Lipinski definition) is 7. The van der Waals surface area contributed by atoms with Gasteiger partial charge >= 0.3 is 11.9 Å². The Kier molecular flexibility index (Phi) is 7.07. The van der Waals surface area contributed by atoms with Gasteiger partial charge in [0, 0.05) is 16.1 Å². The topological polar surface area (TPSA) is 110 Å². The number of carbonyl (C=O) groups is 3. The van der Waals surface area contributed by atoms with Gasteiger partial charge < -0.3 is 19.8 Å². The Labute approximate surface area is 208 Å². The largest absolute Gasteiger partial charge is 0.465 e. The lowest BCUT2D eigenvalue weighted by molar-refractivity contribution is -0.123. The third-order valence-electron chi connectivity index (χ3n) is 6.31. The first kappa shape index (κ1) is 24.7. The van der Waals surface area contributed by atoms with Gasteiger partial charge in [-0.25, -0.2) is 14.6 Å². The van der Waals surface area contributed by atoms with E-state index >= 15 is 0 Å². The lowest BCUT2D eigenvalue weighted by Gasteiger charge is -2.18. The van der Waals surface area contributed by atoms with Crippen LogP contribution in [0.1, 0.15) is 62.8 Å². The zero-order valence-corrected chi connectivity index (χ0v) is 21.3. The maximum Gasteiger partial charge on any atom is 0.341 e. The van der Waals surface area contributed by atoms with Gasteiger partial charge in [0.2, 0.25) is 0 Å². The van der Waals surface area contributed by atoms with Crippen LogP contribution in [-0.4, -0.2) is 41.0 Å². The zero-order valence-electron chi connectivity index (χ0n) is 20.5. The van der Waals surface area contributed by atoms with Crippen molar-refractivity contribution in [1.82, 2.24) is 9.97 Å². The lowest BCUT2D eigenvalue weighted by atomic mass is 9.88. The van der Waals surface area contributed by atoms with E-state index in [1.807, 2.05) is 13.8 Å². The number of imidazole rings is 1. The number of aryl methyl sites for hydroxylation is 2. The Morgan fingerprint density at radius 2 is 1.89 bits per heavy atom. The van der Waals surface area contributed by atoms with Crippen LogP contribution in [0.3, 0.4) is 0 Å². The molecule has 8 nitrogen and oxygen atoms in total. The monoisotopic (exact) mass is 495 g/mol. The summed E-state index contributed by atoms with van der Waals surface area (Å²) in [6.07, 6.45) is 1.55. The summed E-state index contributed by atoms with van der Waals surface area (Å²) in [4.78, 5) is 46.7. The van der Waals surface area contributed by atoms with Crippen molar-refractivity contribution >= 4 is 34.2 Å². The minimum atomic E-state index is -1.05. The Hall–Kier alpha value is -3.46. The standard InChI is InChI=1S/C26H29N3O5S/c1-13-6-11-19-20(12-13)35-24(21(19)26(32)33-5)29-23(30)16(4)34-25(31)18-9-7-17(8-10-18)22-27-14(2)15(3)28-22/h7-10,13,16H,6,11-12H2,1-5H3,(H,27,28)(H,29,30). The van der Waals surface area contributed by atoms with Gasteiger partial charge in [-0.1, -0.05) is 19.1 Å². The molecule has 0 radical (unpaired) electrons. The van der Waals surface area contributed by atoms with E-state index in [4.69, 9.17) is 9.47 Å². The van der Waals surface area contributed by atoms with Crippen LogP contribution < -0.4 is 5.32 Å². The number of ether oxygens (including phenoxy) is 2. The minimum Gasteiger partial charge on any atom is -0.465 e. The van der Waals surface area contributed by atoms with Crippen molar-refractivity contribution in [2.24, 2.45) is 5.92 Å². The molecule has 3 aromatic rings. The number of methoxy groups -OCH3 is 1. The highest BCUT2D eigenvalue weighted by Crippen LogP contribution is 2.40. The molecule has 0 aliphatic heterocycles. The third kappa shape index (κ3) is 5.14. The highest BCUT2D eigenvalue weighted by atomic mass is 32.1. The van der Waals surface area contributed by atoms with Crippen molar-refractivity contribution in [3.05, 3.63) is 57.2 Å². The molecule has 9 heteroatoms. The van der Waals surface area contributed by atoms with Gasteiger partial charge in [0.05, 0.1) is 23.9 Å². The summed E-state index contributed by atoms with van der Waals surface area (Å²) in [5, 5.41) is 3.22. The average Bonchev–Trinajstić information content (AvgIpc) is 3.36. The number of aromatic nitrogens is 2. The van der Waals surface area contributed by atoms with Crippen molar-refractivity contribution in [1.29, 1.82) is 0 Å². The molecule has 1 aliphatic rings. The molecule has 0 fully saturated rings. The van der Waals surface area contributed by atoms with Crippen LogP contribution in [0, 0.1) is 19.8 Å². The molecule has 1 aliphatic carbocycles. The van der Waals surface area contributed by atoms with Crippen LogP contribution >= 0.6 is 11.3 Å². The van der Waals surface area contributed by atoms with E-state index in [0.717, 1.165) is 52.5 Å². The molecule has 0 saturated heterocycles. The maximum absolute atomic E-state index is 12.8. The van der Waals surface area contributed by atoms with Crippen LogP contribution in [0.5, 0.6) is 0 Å². The van der Waals surface area contributed by atoms with Crippen LogP contribution in [0.25, 0.3) is 11.4 Å². The summed E-state index contributed by atoms with van der Waals surface area (Å²) < 4.78 is 10.4. The number of aromatic amines is 1. The van der Waals surface area contributed by atoms with Gasteiger partial charge in [-0.05, 0) is 63.6 Å². The quantitative estimate of drug-likeness (QED) is 0.473. The van der Waals surface area contributed by atoms with Crippen LogP contribution in [0.15, 0.2) is 24.3 Å². The SMILES string of the molecule is COC(=O)c1c(NC(=O)C(C)OC(=O)c2ccc(-c3nc(C)c(C)[nH]3)cc2)sc2c1CCC(C)C2. The first-order valence-electron chi connectivity index (χ1n) is 11.6. The van der Waals surface area contributed by atoms with Gasteiger partial charge in [0.1, 0.15) is 10.8 Å². The number of thiophene rings is 1. The van der Waals surface area contributed by atoms with E-state index in [2.05, 4.69) is 22.2 Å². The summed E-state index contributed by atoms with van der Waals surface area (Å²) in [5.74, 6) is -0.352. The van der Waals surface area contributed by atoms with Gasteiger partial charge in [-0.15, -0.1) is 11.3 Å². The average molecular weight is 496 g/mol. The summed E-state index contributed by atoms with van der Waals surface area (Å²) in [6.45, 7) is 7.55. The maximum atomic E-state index is 12.8. The minimum absolute atomic E-state index is 0.323. The predicted octanol–water partition coefficient (Wildman–Crippen LogP) is 4.85. The number of carbonyl (C=O) groups excluding carboxylic acids is 3. The molecule has 2 unspecified atom stereocenters. The first-order chi connectivity index (χ1) is 16.7. The molecule has 1 aromatic carbocycles. The fourth-order valence-corrected chi connectivity index (χ4v) is 5.50. The Bertz CT molecular complexity index is 1260. The molecule has 184 valence electrons. The molecule has 1 amide bonds. The Balaban J connectivity index is 1.44. The highest BCUT2D eigenvalue weighted by molar-refractivity contribution is 7.17. The fourth-order valence-electron chi connectivity index (χ4n) is 4.10. The van der Waals surface area contributed by atoms with E-state index in [0.29, 0.717) is 22.0 Å². The Morgan fingerprint density at radius 1 is 1.17 bits per heavy atom. The molecule has 4 rings (SSSR count). The lowest BCUT2D eigenvalue weighted by Crippen LogP contribution is -2.30. The van der Waals surface area contributed by atoms with Crippen LogP contribution in [0.4, 0.5) is 5.00 Å². The van der Waals surface area contributed by atoms with Gasteiger partial charge in [-0.2, -0.15) is 0 Å². The number of esters is 2. The zero-order chi connectivity index (χ0) is 25.3. The predicted molar refractivity (Wildman–Crippen MR) is 134 cm³/mol. The molecule has 2 heterocycles. The van der Waals surface area contributed by atoms with Gasteiger partial charge in [0.25, 0.3) is 5.91 Å². The number of hydrogen-bond donors (Lipinski definition) is 2. The van der Waals surface area contributed by atoms with Crippen molar-refractivity contribution in [2.45, 2.75) is 53.1 Å². The number of amides is 1. The summed E-state index contributed by atoms with van der Waals surface area (Å²) >= 11 is 1.39. The number of rotatable bonds is 6. The number of nitrogens with one attached hydrogen (secondary N) is 2. The molecule has 2 N–H and O–H groups in total. The molecule has 2 aromatic heterocycles. The van der Waals surface area contributed by atoms with Gasteiger partial charge in [0.15, 0.2) is 6.10 Å². The van der Waals surface area contributed by atoms with Crippen molar-refractivity contribution in [2.75, 3.05) is 12.4 Å².